The Balaban J connectivity index is 2.42. The van der Waals surface area contributed by atoms with Crippen molar-refractivity contribution in [3.05, 3.63) is 23.8 Å². The predicted octanol–water partition coefficient (Wildman–Crippen LogP) is 1.20. The van der Waals surface area contributed by atoms with Crippen molar-refractivity contribution in [2.75, 3.05) is 31.8 Å². The number of rotatable bonds is 3. The van der Waals surface area contributed by atoms with Gasteiger partial charge in [-0.25, -0.2) is 0 Å². The van der Waals surface area contributed by atoms with Crippen LogP contribution in [0.15, 0.2) is 18.2 Å². The molecule has 3 N–H and O–H groups in total. The van der Waals surface area contributed by atoms with E-state index < -0.39 is 0 Å². The third-order valence-corrected chi connectivity index (χ3v) is 3.17. The summed E-state index contributed by atoms with van der Waals surface area (Å²) in [6.45, 7) is 4.28. The number of nitrogens with two attached hydrogens (primary N) is 1. The maximum Gasteiger partial charge on any atom is 0.124 e. The molecule has 1 saturated heterocycles. The fraction of sp³-hybridized carbons (Fsp3) is 0.462. The Bertz CT molecular complexity index is 448. The molecule has 98 valence electrons. The molecule has 18 heavy (non-hydrogen) atoms. The van der Waals surface area contributed by atoms with Crippen molar-refractivity contribution in [3.8, 4) is 5.75 Å². The SMILES string of the molecule is COc1ccc(C(=N)N)c(N2CCOCC2C)c1. The van der Waals surface area contributed by atoms with E-state index in [4.69, 9.17) is 20.6 Å². The summed E-state index contributed by atoms with van der Waals surface area (Å²) in [5.41, 5.74) is 7.33. The first kappa shape index (κ1) is 12.7. The molecule has 1 unspecified atom stereocenters. The van der Waals surface area contributed by atoms with Gasteiger partial charge in [-0.1, -0.05) is 0 Å². The predicted molar refractivity (Wildman–Crippen MR) is 71.6 cm³/mol. The van der Waals surface area contributed by atoms with Crippen LogP contribution in [0.25, 0.3) is 0 Å². The third kappa shape index (κ3) is 2.41. The monoisotopic (exact) mass is 249 g/mol. The van der Waals surface area contributed by atoms with Crippen LogP contribution in [0.2, 0.25) is 0 Å². The topological polar surface area (TPSA) is 71.6 Å². The number of nitrogens with zero attached hydrogens (tertiary/aromatic N) is 1. The van der Waals surface area contributed by atoms with Gasteiger partial charge in [0.15, 0.2) is 0 Å². The lowest BCUT2D eigenvalue weighted by Crippen LogP contribution is -2.44. The van der Waals surface area contributed by atoms with E-state index in [1.807, 2.05) is 18.2 Å². The molecular formula is C13H19N3O2. The van der Waals surface area contributed by atoms with Crippen LogP contribution in [0, 0.1) is 5.41 Å². The zero-order valence-electron chi connectivity index (χ0n) is 10.8. The molecule has 0 bridgehead atoms. The molecule has 1 heterocycles. The van der Waals surface area contributed by atoms with E-state index in [1.54, 1.807) is 7.11 Å². The fourth-order valence-electron chi connectivity index (χ4n) is 2.19. The average Bonchev–Trinajstić information content (AvgIpc) is 2.38. The second-order valence-corrected chi connectivity index (χ2v) is 4.41. The second kappa shape index (κ2) is 5.27. The summed E-state index contributed by atoms with van der Waals surface area (Å²) in [5.74, 6) is 0.847. The molecule has 1 aromatic rings. The molecule has 1 aromatic carbocycles. The Morgan fingerprint density at radius 3 is 2.94 bits per heavy atom. The van der Waals surface area contributed by atoms with E-state index in [2.05, 4.69) is 11.8 Å². The lowest BCUT2D eigenvalue weighted by Gasteiger charge is -2.36. The second-order valence-electron chi connectivity index (χ2n) is 4.41. The van der Waals surface area contributed by atoms with E-state index in [1.165, 1.54) is 0 Å². The molecule has 0 radical (unpaired) electrons. The van der Waals surface area contributed by atoms with E-state index >= 15 is 0 Å². The highest BCUT2D eigenvalue weighted by molar-refractivity contribution is 6.00. The lowest BCUT2D eigenvalue weighted by atomic mass is 10.1. The smallest absolute Gasteiger partial charge is 0.124 e. The maximum atomic E-state index is 7.67. The molecule has 0 saturated carbocycles. The first-order valence-electron chi connectivity index (χ1n) is 6.00. The number of hydrogen-bond acceptors (Lipinski definition) is 4. The number of morpholine rings is 1. The van der Waals surface area contributed by atoms with Gasteiger partial charge in [-0.2, -0.15) is 0 Å². The summed E-state index contributed by atoms with van der Waals surface area (Å²) < 4.78 is 10.7. The van der Waals surface area contributed by atoms with Gasteiger partial charge in [-0.05, 0) is 19.1 Å². The van der Waals surface area contributed by atoms with Crippen LogP contribution in [0.1, 0.15) is 12.5 Å². The summed E-state index contributed by atoms with van der Waals surface area (Å²) >= 11 is 0. The summed E-state index contributed by atoms with van der Waals surface area (Å²) in [5, 5.41) is 7.67. The number of benzene rings is 1. The van der Waals surface area contributed by atoms with Crippen LogP contribution in [-0.4, -0.2) is 38.7 Å². The number of nitrogens with one attached hydrogen (secondary N) is 1. The minimum absolute atomic E-state index is 0.0753. The number of amidine groups is 1. The van der Waals surface area contributed by atoms with E-state index in [0.29, 0.717) is 13.2 Å². The zero-order valence-corrected chi connectivity index (χ0v) is 10.8. The Morgan fingerprint density at radius 1 is 1.56 bits per heavy atom. The molecule has 5 nitrogen and oxygen atoms in total. The van der Waals surface area contributed by atoms with Gasteiger partial charge in [0.05, 0.1) is 26.0 Å². The molecule has 1 atom stereocenters. The zero-order chi connectivity index (χ0) is 13.1. The number of methoxy groups -OCH3 is 1. The molecule has 1 aliphatic rings. The minimum atomic E-state index is 0.0753. The summed E-state index contributed by atoms with van der Waals surface area (Å²) in [7, 11) is 1.63. The number of anilines is 1. The maximum absolute atomic E-state index is 7.67. The summed E-state index contributed by atoms with van der Waals surface area (Å²) in [4.78, 5) is 2.21. The van der Waals surface area contributed by atoms with E-state index in [9.17, 15) is 0 Å². The standard InChI is InChI=1S/C13H19N3O2/c1-9-8-18-6-5-16(9)12-7-10(17-2)3-4-11(12)13(14)15/h3-4,7,9H,5-6,8H2,1-2H3,(H3,14,15). The highest BCUT2D eigenvalue weighted by atomic mass is 16.5. The molecule has 5 heteroatoms. The van der Waals surface area contributed by atoms with Gasteiger partial charge < -0.3 is 20.1 Å². The molecule has 0 amide bonds. The Kier molecular flexibility index (Phi) is 3.72. The number of hydrogen-bond donors (Lipinski definition) is 2. The molecule has 1 fully saturated rings. The quantitative estimate of drug-likeness (QED) is 0.624. The highest BCUT2D eigenvalue weighted by Gasteiger charge is 2.22. The van der Waals surface area contributed by atoms with Crippen molar-refractivity contribution < 1.29 is 9.47 Å². The Hall–Kier alpha value is -1.75. The molecule has 0 aliphatic carbocycles. The Labute approximate surface area is 107 Å². The van der Waals surface area contributed by atoms with Crippen molar-refractivity contribution in [2.45, 2.75) is 13.0 Å². The first-order chi connectivity index (χ1) is 8.63. The molecular weight excluding hydrogens is 230 g/mol. The molecule has 1 aliphatic heterocycles. The fourth-order valence-corrected chi connectivity index (χ4v) is 2.19. The molecule has 0 spiro atoms. The summed E-state index contributed by atoms with van der Waals surface area (Å²) in [6.07, 6.45) is 0. The van der Waals surface area contributed by atoms with Gasteiger partial charge in [0, 0.05) is 24.2 Å². The van der Waals surface area contributed by atoms with Crippen LogP contribution in [-0.2, 0) is 4.74 Å². The van der Waals surface area contributed by atoms with Crippen molar-refractivity contribution in [1.82, 2.24) is 0 Å². The van der Waals surface area contributed by atoms with Crippen molar-refractivity contribution in [2.24, 2.45) is 5.73 Å². The lowest BCUT2D eigenvalue weighted by molar-refractivity contribution is 0.0989. The van der Waals surface area contributed by atoms with Gasteiger partial charge in [0.2, 0.25) is 0 Å². The van der Waals surface area contributed by atoms with Gasteiger partial charge in [-0.15, -0.1) is 0 Å². The average molecular weight is 249 g/mol. The van der Waals surface area contributed by atoms with Crippen molar-refractivity contribution in [3.63, 3.8) is 0 Å². The van der Waals surface area contributed by atoms with Gasteiger partial charge in [0.25, 0.3) is 0 Å². The largest absolute Gasteiger partial charge is 0.497 e. The van der Waals surface area contributed by atoms with Gasteiger partial charge in [0.1, 0.15) is 11.6 Å². The van der Waals surface area contributed by atoms with E-state index in [-0.39, 0.29) is 11.9 Å². The molecule has 0 aromatic heterocycles. The molecule has 2 rings (SSSR count). The van der Waals surface area contributed by atoms with Crippen LogP contribution in [0.4, 0.5) is 5.69 Å². The first-order valence-corrected chi connectivity index (χ1v) is 6.00. The number of nitrogen functional groups attached to an aromatic ring is 1. The normalized spacial score (nSPS) is 19.7. The van der Waals surface area contributed by atoms with Crippen LogP contribution >= 0.6 is 0 Å². The van der Waals surface area contributed by atoms with Crippen molar-refractivity contribution >= 4 is 11.5 Å². The van der Waals surface area contributed by atoms with Crippen LogP contribution in [0.3, 0.4) is 0 Å². The van der Waals surface area contributed by atoms with Crippen LogP contribution < -0.4 is 15.4 Å². The van der Waals surface area contributed by atoms with E-state index in [0.717, 1.165) is 23.5 Å². The number of ether oxygens (including phenoxy) is 2. The minimum Gasteiger partial charge on any atom is -0.497 e. The van der Waals surface area contributed by atoms with Crippen LogP contribution in [0.5, 0.6) is 5.75 Å². The van der Waals surface area contributed by atoms with Gasteiger partial charge in [-0.3, -0.25) is 5.41 Å². The third-order valence-electron chi connectivity index (χ3n) is 3.17. The van der Waals surface area contributed by atoms with Gasteiger partial charge >= 0.3 is 0 Å². The summed E-state index contributed by atoms with van der Waals surface area (Å²) in [6, 6.07) is 5.85. The highest BCUT2D eigenvalue weighted by Crippen LogP contribution is 2.28. The van der Waals surface area contributed by atoms with Crippen molar-refractivity contribution in [1.29, 1.82) is 5.41 Å². The Morgan fingerprint density at radius 2 is 2.33 bits per heavy atom.